The molecule has 1 aliphatic carbocycles. The first-order chi connectivity index (χ1) is 15.0. The van der Waals surface area contributed by atoms with Gasteiger partial charge in [0, 0.05) is 18.7 Å². The van der Waals surface area contributed by atoms with Gasteiger partial charge in [-0.3, -0.25) is 14.5 Å². The number of thioether (sulfide) groups is 1. The van der Waals surface area contributed by atoms with Crippen LogP contribution in [0.2, 0.25) is 0 Å². The van der Waals surface area contributed by atoms with Crippen LogP contribution in [0.15, 0.2) is 28.6 Å². The van der Waals surface area contributed by atoms with Crippen molar-refractivity contribution in [3.05, 3.63) is 35.4 Å². The minimum atomic E-state index is -0.756. The fourth-order valence-electron chi connectivity index (χ4n) is 3.73. The number of benzene rings is 1. The molecule has 31 heavy (non-hydrogen) atoms. The molecule has 0 atom stereocenters. The van der Waals surface area contributed by atoms with Crippen LogP contribution in [0.4, 0.5) is 9.93 Å². The second-order valence-electron chi connectivity index (χ2n) is 7.44. The average Bonchev–Trinajstić information content (AvgIpc) is 3.47. The molecule has 2 N–H and O–H groups in total. The van der Waals surface area contributed by atoms with Crippen LogP contribution < -0.4 is 10.6 Å². The summed E-state index contributed by atoms with van der Waals surface area (Å²) >= 11 is 2.74. The van der Waals surface area contributed by atoms with Gasteiger partial charge in [-0.1, -0.05) is 48.1 Å². The van der Waals surface area contributed by atoms with Crippen LogP contribution in [-0.2, 0) is 15.3 Å². The molecule has 1 aromatic carbocycles. The van der Waals surface area contributed by atoms with E-state index >= 15 is 0 Å². The van der Waals surface area contributed by atoms with Crippen molar-refractivity contribution in [2.75, 3.05) is 11.9 Å². The molecule has 9 nitrogen and oxygen atoms in total. The van der Waals surface area contributed by atoms with Gasteiger partial charge in [-0.25, -0.2) is 4.79 Å². The Kier molecular flexibility index (Phi) is 6.20. The fourth-order valence-corrected chi connectivity index (χ4v) is 5.46. The van der Waals surface area contributed by atoms with Gasteiger partial charge in [-0.15, -0.1) is 10.2 Å². The fraction of sp³-hybridized carbons (Fsp3) is 0.400. The molecular weight excluding hydrogens is 436 g/mol. The number of nitriles is 1. The summed E-state index contributed by atoms with van der Waals surface area (Å²) in [6.45, 7) is 0.0390. The van der Waals surface area contributed by atoms with Gasteiger partial charge in [0.05, 0.1) is 11.6 Å². The van der Waals surface area contributed by atoms with E-state index in [0.717, 1.165) is 23.3 Å². The smallest absolute Gasteiger partial charge is 0.323 e. The minimum absolute atomic E-state index is 0.00252. The van der Waals surface area contributed by atoms with Gasteiger partial charge in [0.15, 0.2) is 4.34 Å². The molecule has 4 rings (SSSR count). The number of anilines is 1. The zero-order valence-electron chi connectivity index (χ0n) is 16.6. The van der Waals surface area contributed by atoms with E-state index in [9.17, 15) is 14.4 Å². The zero-order valence-corrected chi connectivity index (χ0v) is 18.2. The molecule has 0 radical (unpaired) electrons. The van der Waals surface area contributed by atoms with Gasteiger partial charge in [0.2, 0.25) is 11.0 Å². The molecule has 1 saturated heterocycles. The molecule has 2 fully saturated rings. The molecule has 0 bridgehead atoms. The summed E-state index contributed by atoms with van der Waals surface area (Å²) in [4.78, 5) is 38.2. The Morgan fingerprint density at radius 3 is 2.71 bits per heavy atom. The number of hydrogen-bond donors (Lipinski definition) is 2. The Hall–Kier alpha value is -2.97. The van der Waals surface area contributed by atoms with E-state index in [1.807, 2.05) is 12.1 Å². The standard InChI is InChI=1S/C20H20N6O3S2/c21-11-13-3-5-14(6-4-13)12-30-19-25-24-17(31-19)22-15(27)7-10-26-16(28)20(23-18(26)29)8-1-2-9-20/h3-6H,1-2,7-10,12H2,(H,23,29)(H,22,24,27). The maximum Gasteiger partial charge on any atom is 0.325 e. The van der Waals surface area contributed by atoms with Gasteiger partial charge in [0.1, 0.15) is 5.54 Å². The topological polar surface area (TPSA) is 128 Å². The van der Waals surface area contributed by atoms with Gasteiger partial charge < -0.3 is 10.6 Å². The first-order valence-electron chi connectivity index (χ1n) is 9.88. The maximum atomic E-state index is 12.6. The summed E-state index contributed by atoms with van der Waals surface area (Å²) in [5.41, 5.74) is 0.910. The van der Waals surface area contributed by atoms with Gasteiger partial charge in [0.25, 0.3) is 5.91 Å². The predicted octanol–water partition coefficient (Wildman–Crippen LogP) is 2.90. The van der Waals surface area contributed by atoms with Crippen molar-refractivity contribution in [2.24, 2.45) is 0 Å². The summed E-state index contributed by atoms with van der Waals surface area (Å²) in [7, 11) is 0. The molecule has 160 valence electrons. The van der Waals surface area contributed by atoms with E-state index in [-0.39, 0.29) is 24.8 Å². The van der Waals surface area contributed by atoms with Crippen molar-refractivity contribution in [1.29, 1.82) is 5.26 Å². The Morgan fingerprint density at radius 1 is 1.26 bits per heavy atom. The second kappa shape index (κ2) is 9.03. The minimum Gasteiger partial charge on any atom is -0.323 e. The first kappa shape index (κ1) is 21.3. The lowest BCUT2D eigenvalue weighted by Gasteiger charge is -2.19. The van der Waals surface area contributed by atoms with Crippen molar-refractivity contribution in [3.8, 4) is 6.07 Å². The zero-order chi connectivity index (χ0) is 21.8. The molecule has 1 spiro atoms. The Bertz CT molecular complexity index is 1040. The van der Waals surface area contributed by atoms with Crippen molar-refractivity contribution >= 4 is 46.1 Å². The quantitative estimate of drug-likeness (QED) is 0.372. The van der Waals surface area contributed by atoms with Crippen molar-refractivity contribution in [3.63, 3.8) is 0 Å². The molecule has 4 amide bonds. The highest BCUT2D eigenvalue weighted by atomic mass is 32.2. The molecule has 2 aliphatic rings. The molecule has 2 heterocycles. The lowest BCUT2D eigenvalue weighted by Crippen LogP contribution is -2.44. The monoisotopic (exact) mass is 456 g/mol. The van der Waals surface area contributed by atoms with E-state index in [4.69, 9.17) is 5.26 Å². The first-order valence-corrected chi connectivity index (χ1v) is 11.7. The SMILES string of the molecule is N#Cc1ccc(CSc2nnc(NC(=O)CCN3C(=O)NC4(CCCC4)C3=O)s2)cc1. The summed E-state index contributed by atoms with van der Waals surface area (Å²) in [5, 5.41) is 22.7. The summed E-state index contributed by atoms with van der Waals surface area (Å²) in [6, 6.07) is 8.97. The number of nitrogens with zero attached hydrogens (tertiary/aromatic N) is 4. The van der Waals surface area contributed by atoms with E-state index in [1.165, 1.54) is 23.1 Å². The largest absolute Gasteiger partial charge is 0.325 e. The molecular formula is C20H20N6O3S2. The number of urea groups is 1. The van der Waals surface area contributed by atoms with E-state index in [2.05, 4.69) is 26.9 Å². The molecule has 0 unspecified atom stereocenters. The van der Waals surface area contributed by atoms with E-state index in [1.54, 1.807) is 12.1 Å². The van der Waals surface area contributed by atoms with E-state index < -0.39 is 11.6 Å². The number of rotatable bonds is 7. The van der Waals surface area contributed by atoms with Crippen molar-refractivity contribution in [1.82, 2.24) is 20.4 Å². The van der Waals surface area contributed by atoms with Crippen molar-refractivity contribution in [2.45, 2.75) is 47.7 Å². The lowest BCUT2D eigenvalue weighted by atomic mass is 9.98. The third-order valence-corrected chi connectivity index (χ3v) is 7.41. The van der Waals surface area contributed by atoms with Crippen LogP contribution in [0.3, 0.4) is 0 Å². The summed E-state index contributed by atoms with van der Waals surface area (Å²) < 4.78 is 0.705. The number of imide groups is 1. The molecule has 1 aromatic heterocycles. The highest BCUT2D eigenvalue weighted by Gasteiger charge is 2.52. The third-order valence-electron chi connectivity index (χ3n) is 5.36. The number of hydrogen-bond acceptors (Lipinski definition) is 8. The van der Waals surface area contributed by atoms with Crippen LogP contribution in [0.1, 0.15) is 43.2 Å². The maximum absolute atomic E-state index is 12.6. The lowest BCUT2D eigenvalue weighted by molar-refractivity contribution is -0.131. The van der Waals surface area contributed by atoms with Crippen LogP contribution >= 0.6 is 23.1 Å². The Balaban J connectivity index is 1.25. The number of carbonyl (C=O) groups excluding carboxylic acids is 3. The number of amides is 4. The molecule has 1 aliphatic heterocycles. The highest BCUT2D eigenvalue weighted by Crippen LogP contribution is 2.35. The number of nitrogens with one attached hydrogen (secondary N) is 2. The van der Waals surface area contributed by atoms with Gasteiger partial charge >= 0.3 is 6.03 Å². The van der Waals surface area contributed by atoms with E-state index in [0.29, 0.717) is 33.6 Å². The highest BCUT2D eigenvalue weighted by molar-refractivity contribution is 8.00. The predicted molar refractivity (Wildman–Crippen MR) is 115 cm³/mol. The average molecular weight is 457 g/mol. The normalized spacial score (nSPS) is 17.1. The van der Waals surface area contributed by atoms with Gasteiger partial charge in [-0.05, 0) is 30.5 Å². The second-order valence-corrected chi connectivity index (χ2v) is 9.64. The molecule has 2 aromatic rings. The number of aromatic nitrogens is 2. The van der Waals surface area contributed by atoms with Gasteiger partial charge in [-0.2, -0.15) is 5.26 Å². The summed E-state index contributed by atoms with van der Waals surface area (Å²) in [6.07, 6.45) is 3.16. The molecule has 11 heteroatoms. The van der Waals surface area contributed by atoms with Crippen molar-refractivity contribution < 1.29 is 14.4 Å². The molecule has 1 saturated carbocycles. The Labute approximate surface area is 187 Å². The number of carbonyl (C=O) groups is 3. The van der Waals surface area contributed by atoms with Crippen LogP contribution in [0.5, 0.6) is 0 Å². The van der Waals surface area contributed by atoms with Crippen LogP contribution in [0, 0.1) is 11.3 Å². The third kappa shape index (κ3) is 4.70. The summed E-state index contributed by atoms with van der Waals surface area (Å²) in [5.74, 6) is 0.121. The van der Waals surface area contributed by atoms with Crippen LogP contribution in [0.25, 0.3) is 0 Å². The Morgan fingerprint density at radius 2 is 2.00 bits per heavy atom. The van der Waals surface area contributed by atoms with Crippen LogP contribution in [-0.4, -0.2) is 45.0 Å².